The highest BCUT2D eigenvalue weighted by atomic mass is 19.4. The van der Waals surface area contributed by atoms with E-state index in [0.717, 1.165) is 31.0 Å². The predicted molar refractivity (Wildman–Crippen MR) is 82.2 cm³/mol. The van der Waals surface area contributed by atoms with Gasteiger partial charge in [-0.2, -0.15) is 23.4 Å². The predicted octanol–water partition coefficient (Wildman–Crippen LogP) is 4.31. The third kappa shape index (κ3) is 2.82. The lowest BCUT2D eigenvalue weighted by molar-refractivity contribution is -0.208. The summed E-state index contributed by atoms with van der Waals surface area (Å²) in [6.45, 7) is 0. The van der Waals surface area contributed by atoms with Crippen molar-refractivity contribution < 1.29 is 27.1 Å². The van der Waals surface area contributed by atoms with E-state index in [0.29, 0.717) is 16.6 Å². The first-order chi connectivity index (χ1) is 12.3. The SMILES string of the molecule is OC(c1cc(-c2cc3cc(F)c(F)cc3n2C2CC2)cnn1)C(F)(F)F. The first kappa shape index (κ1) is 16.9. The summed E-state index contributed by atoms with van der Waals surface area (Å²) in [5.41, 5.74) is 0.566. The summed E-state index contributed by atoms with van der Waals surface area (Å²) in [5, 5.41) is 16.7. The molecule has 4 nitrogen and oxygen atoms in total. The van der Waals surface area contributed by atoms with E-state index < -0.39 is 29.6 Å². The van der Waals surface area contributed by atoms with Crippen molar-refractivity contribution in [3.05, 3.63) is 47.8 Å². The second kappa shape index (κ2) is 5.73. The largest absolute Gasteiger partial charge is 0.420 e. The number of aromatic nitrogens is 3. The number of aliphatic hydroxyl groups excluding tert-OH is 1. The molecular weight excluding hydrogens is 357 g/mol. The molecule has 0 radical (unpaired) electrons. The maximum Gasteiger partial charge on any atom is 0.420 e. The molecule has 0 spiro atoms. The van der Waals surface area contributed by atoms with Crippen LogP contribution in [0.2, 0.25) is 0 Å². The van der Waals surface area contributed by atoms with E-state index in [2.05, 4.69) is 10.2 Å². The van der Waals surface area contributed by atoms with Crippen LogP contribution in [0.25, 0.3) is 22.2 Å². The zero-order valence-electron chi connectivity index (χ0n) is 13.1. The molecule has 0 amide bonds. The molecule has 3 aromatic rings. The number of hydrogen-bond donors (Lipinski definition) is 1. The molecule has 136 valence electrons. The number of hydrogen-bond acceptors (Lipinski definition) is 3. The van der Waals surface area contributed by atoms with Crippen molar-refractivity contribution in [1.82, 2.24) is 14.8 Å². The van der Waals surface area contributed by atoms with E-state index >= 15 is 0 Å². The molecule has 1 N–H and O–H groups in total. The number of alkyl halides is 3. The summed E-state index contributed by atoms with van der Waals surface area (Å²) in [6, 6.07) is 4.83. The average molecular weight is 369 g/mol. The van der Waals surface area contributed by atoms with Crippen LogP contribution in [0.3, 0.4) is 0 Å². The van der Waals surface area contributed by atoms with Gasteiger partial charge in [0.15, 0.2) is 17.7 Å². The Bertz CT molecular complexity index is 994. The summed E-state index contributed by atoms with van der Waals surface area (Å²) in [6.07, 6.45) is -4.73. The molecular formula is C17H12F5N3O. The highest BCUT2D eigenvalue weighted by molar-refractivity contribution is 5.87. The molecule has 1 atom stereocenters. The van der Waals surface area contributed by atoms with Crippen LogP contribution < -0.4 is 0 Å². The molecule has 26 heavy (non-hydrogen) atoms. The van der Waals surface area contributed by atoms with Crippen molar-refractivity contribution in [3.8, 4) is 11.3 Å². The molecule has 2 heterocycles. The number of benzene rings is 1. The number of fused-ring (bicyclic) bond motifs is 1. The Labute approximate surface area is 143 Å². The first-order valence-electron chi connectivity index (χ1n) is 7.83. The minimum absolute atomic E-state index is 0.0523. The normalized spacial score (nSPS) is 16.2. The van der Waals surface area contributed by atoms with Gasteiger partial charge in [0.25, 0.3) is 0 Å². The molecule has 4 rings (SSSR count). The Kier molecular flexibility index (Phi) is 3.72. The van der Waals surface area contributed by atoms with Crippen molar-refractivity contribution in [2.45, 2.75) is 31.2 Å². The van der Waals surface area contributed by atoms with Crippen LogP contribution in [0, 0.1) is 11.6 Å². The monoisotopic (exact) mass is 369 g/mol. The number of rotatable bonds is 3. The fraction of sp³-hybridized carbons (Fsp3) is 0.294. The highest BCUT2D eigenvalue weighted by Crippen LogP contribution is 2.43. The number of halogens is 5. The molecule has 9 heteroatoms. The van der Waals surface area contributed by atoms with Crippen LogP contribution in [0.4, 0.5) is 22.0 Å². The van der Waals surface area contributed by atoms with Crippen molar-refractivity contribution >= 4 is 10.9 Å². The van der Waals surface area contributed by atoms with E-state index in [9.17, 15) is 27.1 Å². The topological polar surface area (TPSA) is 50.9 Å². The average Bonchev–Trinajstić information content (AvgIpc) is 3.36. The lowest BCUT2D eigenvalue weighted by atomic mass is 10.1. The molecule has 1 fully saturated rings. The summed E-state index contributed by atoms with van der Waals surface area (Å²) < 4.78 is 67.2. The van der Waals surface area contributed by atoms with E-state index in [1.54, 1.807) is 10.6 Å². The zero-order chi connectivity index (χ0) is 18.6. The maximum atomic E-state index is 13.7. The van der Waals surface area contributed by atoms with Gasteiger partial charge in [-0.05, 0) is 31.0 Å². The Morgan fingerprint density at radius 2 is 1.77 bits per heavy atom. The van der Waals surface area contributed by atoms with Gasteiger partial charge in [0.05, 0.1) is 17.4 Å². The van der Waals surface area contributed by atoms with Gasteiger partial charge in [-0.15, -0.1) is 0 Å². The summed E-state index contributed by atoms with van der Waals surface area (Å²) in [7, 11) is 0. The molecule has 1 aliphatic rings. The maximum absolute atomic E-state index is 13.7. The molecule has 1 saturated carbocycles. The van der Waals surface area contributed by atoms with Crippen molar-refractivity contribution in [2.75, 3.05) is 0 Å². The van der Waals surface area contributed by atoms with Crippen LogP contribution in [0.15, 0.2) is 30.5 Å². The van der Waals surface area contributed by atoms with Crippen LogP contribution in [0.5, 0.6) is 0 Å². The van der Waals surface area contributed by atoms with Crippen LogP contribution in [-0.2, 0) is 0 Å². The van der Waals surface area contributed by atoms with Crippen molar-refractivity contribution in [1.29, 1.82) is 0 Å². The molecule has 0 saturated heterocycles. The van der Waals surface area contributed by atoms with Crippen LogP contribution >= 0.6 is 0 Å². The smallest absolute Gasteiger partial charge is 0.378 e. The van der Waals surface area contributed by atoms with Crippen LogP contribution in [-0.4, -0.2) is 26.0 Å². The fourth-order valence-electron chi connectivity index (χ4n) is 3.00. The van der Waals surface area contributed by atoms with E-state index in [-0.39, 0.29) is 11.6 Å². The number of aliphatic hydroxyl groups is 1. The van der Waals surface area contributed by atoms with E-state index in [4.69, 9.17) is 0 Å². The minimum Gasteiger partial charge on any atom is -0.378 e. The Morgan fingerprint density at radius 3 is 2.42 bits per heavy atom. The summed E-state index contributed by atoms with van der Waals surface area (Å²) in [4.78, 5) is 0. The van der Waals surface area contributed by atoms with Gasteiger partial charge in [0.2, 0.25) is 0 Å². The van der Waals surface area contributed by atoms with Gasteiger partial charge >= 0.3 is 6.18 Å². The second-order valence-electron chi connectivity index (χ2n) is 6.27. The quantitative estimate of drug-likeness (QED) is 0.700. The van der Waals surface area contributed by atoms with E-state index in [1.807, 2.05) is 0 Å². The standard InChI is InChI=1S/C17H12F5N3O/c18-11-3-8-5-14(25(10-1-2-10)15(8)6-12(11)19)9-4-13(24-23-7-9)16(26)17(20,21)22/h3-7,10,16,26H,1-2H2. The molecule has 1 aliphatic carbocycles. The van der Waals surface area contributed by atoms with Gasteiger partial charge < -0.3 is 9.67 Å². The molecule has 0 aliphatic heterocycles. The number of nitrogens with zero attached hydrogens (tertiary/aromatic N) is 3. The van der Waals surface area contributed by atoms with E-state index in [1.165, 1.54) is 6.20 Å². The van der Waals surface area contributed by atoms with Gasteiger partial charge in [-0.1, -0.05) is 0 Å². The second-order valence-corrected chi connectivity index (χ2v) is 6.27. The fourth-order valence-corrected chi connectivity index (χ4v) is 3.00. The molecule has 2 aromatic heterocycles. The molecule has 1 unspecified atom stereocenters. The molecule has 0 bridgehead atoms. The third-order valence-electron chi connectivity index (χ3n) is 4.35. The van der Waals surface area contributed by atoms with Crippen molar-refractivity contribution in [3.63, 3.8) is 0 Å². The Balaban J connectivity index is 1.88. The summed E-state index contributed by atoms with van der Waals surface area (Å²) in [5.74, 6) is -2.00. The summed E-state index contributed by atoms with van der Waals surface area (Å²) >= 11 is 0. The van der Waals surface area contributed by atoms with Crippen molar-refractivity contribution in [2.24, 2.45) is 0 Å². The molecule has 1 aromatic carbocycles. The Hall–Kier alpha value is -2.55. The van der Waals surface area contributed by atoms with Crippen LogP contribution in [0.1, 0.15) is 30.7 Å². The zero-order valence-corrected chi connectivity index (χ0v) is 13.1. The lowest BCUT2D eigenvalue weighted by Crippen LogP contribution is -2.21. The van der Waals surface area contributed by atoms with Gasteiger partial charge in [-0.3, -0.25) is 0 Å². The van der Waals surface area contributed by atoms with Gasteiger partial charge in [-0.25, -0.2) is 8.78 Å². The highest BCUT2D eigenvalue weighted by Gasteiger charge is 2.41. The first-order valence-corrected chi connectivity index (χ1v) is 7.83. The Morgan fingerprint density at radius 1 is 1.08 bits per heavy atom. The van der Waals surface area contributed by atoms with Gasteiger partial charge in [0.1, 0.15) is 5.69 Å². The van der Waals surface area contributed by atoms with Gasteiger partial charge in [0, 0.05) is 23.1 Å². The minimum atomic E-state index is -4.87. The lowest BCUT2D eigenvalue weighted by Gasteiger charge is -2.14. The third-order valence-corrected chi connectivity index (χ3v) is 4.35.